The van der Waals surface area contributed by atoms with Crippen LogP contribution in [-0.2, 0) is 28.6 Å². The van der Waals surface area contributed by atoms with Crippen molar-refractivity contribution in [3.63, 3.8) is 0 Å². The van der Waals surface area contributed by atoms with Gasteiger partial charge in [0.25, 0.3) is 0 Å². The molecule has 0 radical (unpaired) electrons. The SMILES string of the molecule is CC/C=C\C/C=C\C/C=C\C/C=C\CCCCC(=O)OC[C@H](COC(=O)CCCCCCC/C=C\CCCC)OC(=O)CCCCCCC/C=C\CCCCCC. The predicted octanol–water partition coefficient (Wildman–Crippen LogP) is 15.1. The summed E-state index contributed by atoms with van der Waals surface area (Å²) in [6.07, 6.45) is 56.0. The molecule has 0 aliphatic carbocycles. The highest BCUT2D eigenvalue weighted by Crippen LogP contribution is 2.13. The van der Waals surface area contributed by atoms with Crippen LogP contribution in [0.2, 0.25) is 0 Å². The van der Waals surface area contributed by atoms with E-state index in [4.69, 9.17) is 14.2 Å². The van der Waals surface area contributed by atoms with Gasteiger partial charge in [-0.2, -0.15) is 0 Å². The minimum absolute atomic E-state index is 0.0971. The Balaban J connectivity index is 4.48. The quantitative estimate of drug-likeness (QED) is 0.0265. The third-order valence-electron chi connectivity index (χ3n) is 9.66. The number of hydrogen-bond donors (Lipinski definition) is 0. The van der Waals surface area contributed by atoms with Crippen LogP contribution in [0.5, 0.6) is 0 Å². The lowest BCUT2D eigenvalue weighted by Gasteiger charge is -2.18. The predicted molar refractivity (Wildman–Crippen MR) is 242 cm³/mol. The highest BCUT2D eigenvalue weighted by Gasteiger charge is 2.19. The normalized spacial score (nSPS) is 12.7. The largest absolute Gasteiger partial charge is 0.462 e. The van der Waals surface area contributed by atoms with Gasteiger partial charge in [-0.25, -0.2) is 0 Å². The Bertz CT molecular complexity index is 1100. The van der Waals surface area contributed by atoms with Gasteiger partial charge in [-0.3, -0.25) is 14.4 Å². The van der Waals surface area contributed by atoms with Crippen molar-refractivity contribution in [1.82, 2.24) is 0 Å². The van der Waals surface area contributed by atoms with Gasteiger partial charge in [0, 0.05) is 19.3 Å². The topological polar surface area (TPSA) is 78.9 Å². The van der Waals surface area contributed by atoms with Gasteiger partial charge in [-0.05, 0) is 103 Å². The zero-order chi connectivity index (χ0) is 41.5. The molecule has 0 aliphatic heterocycles. The van der Waals surface area contributed by atoms with Crippen molar-refractivity contribution in [2.75, 3.05) is 13.2 Å². The summed E-state index contributed by atoms with van der Waals surface area (Å²) in [4.78, 5) is 37.8. The second-order valence-electron chi connectivity index (χ2n) is 15.3. The van der Waals surface area contributed by atoms with E-state index in [-0.39, 0.29) is 31.1 Å². The van der Waals surface area contributed by atoms with Crippen LogP contribution >= 0.6 is 0 Å². The second-order valence-corrected chi connectivity index (χ2v) is 15.3. The smallest absolute Gasteiger partial charge is 0.306 e. The number of allylic oxidation sites excluding steroid dienone is 12. The van der Waals surface area contributed by atoms with E-state index in [1.54, 1.807) is 0 Å². The molecule has 0 saturated carbocycles. The minimum atomic E-state index is -0.797. The van der Waals surface area contributed by atoms with Crippen LogP contribution in [0.1, 0.15) is 213 Å². The summed E-state index contributed by atoms with van der Waals surface area (Å²) in [5.74, 6) is -0.963. The Morgan fingerprint density at radius 1 is 0.368 bits per heavy atom. The summed E-state index contributed by atoms with van der Waals surface area (Å²) >= 11 is 0. The number of carbonyl (C=O) groups is 3. The number of hydrogen-bond acceptors (Lipinski definition) is 6. The first-order valence-electron chi connectivity index (χ1n) is 23.4. The Hall–Kier alpha value is -3.15. The Labute approximate surface area is 351 Å². The zero-order valence-electron chi connectivity index (χ0n) is 37.1. The second kappa shape index (κ2) is 45.6. The lowest BCUT2D eigenvalue weighted by atomic mass is 10.1. The molecule has 0 aromatic carbocycles. The van der Waals surface area contributed by atoms with Gasteiger partial charge in [-0.1, -0.05) is 164 Å². The molecule has 0 unspecified atom stereocenters. The van der Waals surface area contributed by atoms with E-state index < -0.39 is 6.10 Å². The molecule has 326 valence electrons. The standard InChI is InChI=1S/C51H86O6/c1-4-7-10-13-16-19-22-24-25-27-29-32-35-38-41-44-50(53)56-47-48(46-55-49(52)43-40-37-34-31-28-21-18-15-12-9-6-3)57-51(54)45-42-39-36-33-30-26-23-20-17-14-11-8-5-2/h7,10,15-16,18-20,23-25,29,32,48H,4-6,8-9,11-14,17,21-22,26-28,30-31,33-47H2,1-3H3/b10-7-,18-15-,19-16-,23-20-,25-24-,32-29-/t48-/m0/s1. The Kier molecular flexibility index (Phi) is 43.0. The Morgan fingerprint density at radius 3 is 1.18 bits per heavy atom. The first-order valence-corrected chi connectivity index (χ1v) is 23.4. The number of carbonyl (C=O) groups excluding carboxylic acids is 3. The van der Waals surface area contributed by atoms with Crippen molar-refractivity contribution in [3.8, 4) is 0 Å². The number of esters is 3. The third-order valence-corrected chi connectivity index (χ3v) is 9.66. The fraction of sp³-hybridized carbons (Fsp3) is 0.706. The van der Waals surface area contributed by atoms with Crippen molar-refractivity contribution in [3.05, 3.63) is 72.9 Å². The fourth-order valence-corrected chi connectivity index (χ4v) is 6.11. The van der Waals surface area contributed by atoms with E-state index >= 15 is 0 Å². The highest BCUT2D eigenvalue weighted by molar-refractivity contribution is 5.71. The summed E-state index contributed by atoms with van der Waals surface area (Å²) in [6.45, 7) is 6.40. The van der Waals surface area contributed by atoms with E-state index in [2.05, 4.69) is 93.7 Å². The molecule has 57 heavy (non-hydrogen) atoms. The number of unbranched alkanes of at least 4 members (excludes halogenated alkanes) is 18. The molecule has 0 spiro atoms. The van der Waals surface area contributed by atoms with Crippen LogP contribution in [0.25, 0.3) is 0 Å². The molecule has 0 aromatic heterocycles. The molecule has 6 nitrogen and oxygen atoms in total. The van der Waals surface area contributed by atoms with Crippen LogP contribution < -0.4 is 0 Å². The van der Waals surface area contributed by atoms with Gasteiger partial charge < -0.3 is 14.2 Å². The van der Waals surface area contributed by atoms with E-state index in [0.717, 1.165) is 109 Å². The van der Waals surface area contributed by atoms with Crippen molar-refractivity contribution in [2.24, 2.45) is 0 Å². The molecule has 0 bridgehead atoms. The summed E-state index contributed by atoms with van der Waals surface area (Å²) in [6, 6.07) is 0. The molecule has 0 aliphatic rings. The van der Waals surface area contributed by atoms with Gasteiger partial charge in [0.2, 0.25) is 0 Å². The van der Waals surface area contributed by atoms with Gasteiger partial charge in [-0.15, -0.1) is 0 Å². The fourth-order valence-electron chi connectivity index (χ4n) is 6.11. The lowest BCUT2D eigenvalue weighted by molar-refractivity contribution is -0.167. The highest BCUT2D eigenvalue weighted by atomic mass is 16.6. The van der Waals surface area contributed by atoms with Gasteiger partial charge in [0.15, 0.2) is 6.10 Å². The molecule has 0 N–H and O–H groups in total. The monoisotopic (exact) mass is 795 g/mol. The lowest BCUT2D eigenvalue weighted by Crippen LogP contribution is -2.30. The number of rotatable bonds is 41. The van der Waals surface area contributed by atoms with Crippen LogP contribution in [-0.4, -0.2) is 37.2 Å². The van der Waals surface area contributed by atoms with Gasteiger partial charge in [0.05, 0.1) is 0 Å². The van der Waals surface area contributed by atoms with E-state index in [1.165, 1.54) is 64.2 Å². The first-order chi connectivity index (χ1) is 28.0. The summed E-state index contributed by atoms with van der Waals surface area (Å²) in [5.41, 5.74) is 0. The molecule has 0 saturated heterocycles. The average molecular weight is 795 g/mol. The van der Waals surface area contributed by atoms with Crippen molar-refractivity contribution in [2.45, 2.75) is 219 Å². The summed E-state index contributed by atoms with van der Waals surface area (Å²) < 4.78 is 16.7. The molecular formula is C51H86O6. The first kappa shape index (κ1) is 53.9. The molecule has 0 heterocycles. The van der Waals surface area contributed by atoms with E-state index in [9.17, 15) is 14.4 Å². The molecule has 1 atom stereocenters. The molecular weight excluding hydrogens is 709 g/mol. The van der Waals surface area contributed by atoms with Crippen LogP contribution in [0.4, 0.5) is 0 Å². The van der Waals surface area contributed by atoms with Gasteiger partial charge in [0.1, 0.15) is 13.2 Å². The van der Waals surface area contributed by atoms with Crippen LogP contribution in [0.3, 0.4) is 0 Å². The van der Waals surface area contributed by atoms with Crippen molar-refractivity contribution < 1.29 is 28.6 Å². The average Bonchev–Trinajstić information content (AvgIpc) is 3.21. The van der Waals surface area contributed by atoms with Crippen LogP contribution in [0.15, 0.2) is 72.9 Å². The summed E-state index contributed by atoms with van der Waals surface area (Å²) in [7, 11) is 0. The third kappa shape index (κ3) is 43.8. The molecule has 0 fully saturated rings. The maximum absolute atomic E-state index is 12.7. The Morgan fingerprint density at radius 2 is 0.702 bits per heavy atom. The van der Waals surface area contributed by atoms with Gasteiger partial charge >= 0.3 is 17.9 Å². The molecule has 0 amide bonds. The van der Waals surface area contributed by atoms with Crippen LogP contribution in [0, 0.1) is 0 Å². The zero-order valence-corrected chi connectivity index (χ0v) is 37.1. The van der Waals surface area contributed by atoms with E-state index in [1.807, 2.05) is 0 Å². The number of ether oxygens (including phenoxy) is 3. The molecule has 0 rings (SSSR count). The van der Waals surface area contributed by atoms with Crippen molar-refractivity contribution >= 4 is 17.9 Å². The molecule has 6 heteroatoms. The summed E-state index contributed by atoms with van der Waals surface area (Å²) in [5, 5.41) is 0. The van der Waals surface area contributed by atoms with Crippen molar-refractivity contribution in [1.29, 1.82) is 0 Å². The minimum Gasteiger partial charge on any atom is -0.462 e. The maximum atomic E-state index is 12.7. The van der Waals surface area contributed by atoms with E-state index in [0.29, 0.717) is 19.3 Å². The molecule has 0 aromatic rings. The maximum Gasteiger partial charge on any atom is 0.306 e.